The highest BCUT2D eigenvalue weighted by atomic mass is 16.5. The molecule has 0 radical (unpaired) electrons. The molecule has 17 heavy (non-hydrogen) atoms. The number of methoxy groups -OCH3 is 1. The summed E-state index contributed by atoms with van der Waals surface area (Å²) in [6.07, 6.45) is 1.80. The van der Waals surface area contributed by atoms with E-state index in [1.807, 2.05) is 50.2 Å². The molecule has 2 aromatic rings. The van der Waals surface area contributed by atoms with Gasteiger partial charge in [0, 0.05) is 11.8 Å². The first-order valence-corrected chi connectivity index (χ1v) is 5.87. The monoisotopic (exact) mass is 229 g/mol. The van der Waals surface area contributed by atoms with E-state index in [1.165, 1.54) is 5.56 Å². The summed E-state index contributed by atoms with van der Waals surface area (Å²) in [7, 11) is 1.68. The van der Waals surface area contributed by atoms with E-state index in [0.29, 0.717) is 0 Å². The van der Waals surface area contributed by atoms with Gasteiger partial charge in [-0.05, 0) is 42.8 Å². The number of hydrogen-bond donors (Lipinski definition) is 0. The molecular weight excluding hydrogens is 210 g/mol. The Morgan fingerprint density at radius 1 is 1.06 bits per heavy atom. The second kappa shape index (κ2) is 6.69. The summed E-state index contributed by atoms with van der Waals surface area (Å²) in [5, 5.41) is 0. The van der Waals surface area contributed by atoms with Crippen LogP contribution >= 0.6 is 0 Å². The van der Waals surface area contributed by atoms with Crippen LogP contribution in [0.1, 0.15) is 19.4 Å². The largest absolute Gasteiger partial charge is 0.497 e. The Morgan fingerprint density at radius 3 is 2.35 bits per heavy atom. The number of rotatable bonds is 2. The van der Waals surface area contributed by atoms with Crippen LogP contribution in [0.25, 0.3) is 11.3 Å². The van der Waals surface area contributed by atoms with Gasteiger partial charge in [0.2, 0.25) is 0 Å². The van der Waals surface area contributed by atoms with Crippen LogP contribution in [0.3, 0.4) is 0 Å². The number of aromatic nitrogens is 1. The predicted molar refractivity (Wildman–Crippen MR) is 72.3 cm³/mol. The van der Waals surface area contributed by atoms with Gasteiger partial charge in [0.1, 0.15) is 5.75 Å². The maximum atomic E-state index is 5.17. The van der Waals surface area contributed by atoms with E-state index in [2.05, 4.69) is 11.9 Å². The van der Waals surface area contributed by atoms with Gasteiger partial charge in [-0.15, -0.1) is 0 Å². The van der Waals surface area contributed by atoms with Crippen molar-refractivity contribution in [1.82, 2.24) is 4.98 Å². The first-order valence-electron chi connectivity index (χ1n) is 5.87. The third kappa shape index (κ3) is 3.31. The number of benzene rings is 1. The van der Waals surface area contributed by atoms with Crippen molar-refractivity contribution in [2.75, 3.05) is 7.11 Å². The smallest absolute Gasteiger partial charge is 0.119 e. The molecule has 2 nitrogen and oxygen atoms in total. The highest BCUT2D eigenvalue weighted by molar-refractivity contribution is 5.64. The van der Waals surface area contributed by atoms with Gasteiger partial charge in [-0.1, -0.05) is 19.9 Å². The first kappa shape index (κ1) is 13.2. The Hall–Kier alpha value is -1.83. The van der Waals surface area contributed by atoms with E-state index >= 15 is 0 Å². The zero-order valence-corrected chi connectivity index (χ0v) is 10.9. The van der Waals surface area contributed by atoms with Crippen molar-refractivity contribution in [3.8, 4) is 17.0 Å². The molecule has 1 heterocycles. The summed E-state index contributed by atoms with van der Waals surface area (Å²) in [6, 6.07) is 11.9. The van der Waals surface area contributed by atoms with Gasteiger partial charge in [-0.2, -0.15) is 0 Å². The molecule has 1 aromatic carbocycles. The SMILES string of the molecule is CC.COc1ccc(-c2ccccn2)c(C)c1. The average Bonchev–Trinajstić information content (AvgIpc) is 2.42. The quantitative estimate of drug-likeness (QED) is 0.773. The lowest BCUT2D eigenvalue weighted by Gasteiger charge is -2.07. The predicted octanol–water partition coefficient (Wildman–Crippen LogP) is 4.09. The lowest BCUT2D eigenvalue weighted by atomic mass is 10.1. The molecule has 2 rings (SSSR count). The van der Waals surface area contributed by atoms with Gasteiger partial charge >= 0.3 is 0 Å². The molecule has 0 atom stereocenters. The maximum Gasteiger partial charge on any atom is 0.119 e. The molecule has 0 unspecified atom stereocenters. The van der Waals surface area contributed by atoms with Crippen LogP contribution in [0.4, 0.5) is 0 Å². The molecule has 0 saturated carbocycles. The van der Waals surface area contributed by atoms with Crippen LogP contribution < -0.4 is 4.74 Å². The fourth-order valence-corrected chi connectivity index (χ4v) is 1.57. The summed E-state index contributed by atoms with van der Waals surface area (Å²) in [5.74, 6) is 0.882. The van der Waals surface area contributed by atoms with Crippen molar-refractivity contribution < 1.29 is 4.74 Å². The minimum Gasteiger partial charge on any atom is -0.497 e. The van der Waals surface area contributed by atoms with E-state index in [1.54, 1.807) is 13.3 Å². The van der Waals surface area contributed by atoms with Gasteiger partial charge in [0.25, 0.3) is 0 Å². The lowest BCUT2D eigenvalue weighted by Crippen LogP contribution is -1.88. The van der Waals surface area contributed by atoms with Crippen LogP contribution in [0.5, 0.6) is 5.75 Å². The van der Waals surface area contributed by atoms with Gasteiger partial charge in [-0.25, -0.2) is 0 Å². The molecule has 0 bridgehead atoms. The van der Waals surface area contributed by atoms with Crippen molar-refractivity contribution in [1.29, 1.82) is 0 Å². The van der Waals surface area contributed by atoms with E-state index in [9.17, 15) is 0 Å². The number of hydrogen-bond acceptors (Lipinski definition) is 2. The Bertz CT molecular complexity index is 452. The molecule has 0 N–H and O–H groups in total. The summed E-state index contributed by atoms with van der Waals surface area (Å²) < 4.78 is 5.17. The Balaban J connectivity index is 0.000000686. The fraction of sp³-hybridized carbons (Fsp3) is 0.267. The van der Waals surface area contributed by atoms with Crippen molar-refractivity contribution in [3.63, 3.8) is 0 Å². The molecule has 0 aliphatic heterocycles. The van der Waals surface area contributed by atoms with Crippen molar-refractivity contribution in [3.05, 3.63) is 48.2 Å². The zero-order chi connectivity index (χ0) is 12.7. The van der Waals surface area contributed by atoms with Crippen molar-refractivity contribution in [2.24, 2.45) is 0 Å². The summed E-state index contributed by atoms with van der Waals surface area (Å²) in [5.41, 5.74) is 3.32. The number of ether oxygens (including phenoxy) is 1. The highest BCUT2D eigenvalue weighted by Gasteiger charge is 2.03. The third-order valence-electron chi connectivity index (χ3n) is 2.37. The number of aryl methyl sites for hydroxylation is 1. The number of pyridine rings is 1. The van der Waals surface area contributed by atoms with Gasteiger partial charge in [0.05, 0.1) is 12.8 Å². The molecule has 1 aromatic heterocycles. The second-order valence-corrected chi connectivity index (χ2v) is 3.40. The summed E-state index contributed by atoms with van der Waals surface area (Å²) in [4.78, 5) is 4.32. The fourth-order valence-electron chi connectivity index (χ4n) is 1.57. The zero-order valence-electron chi connectivity index (χ0n) is 10.9. The topological polar surface area (TPSA) is 22.1 Å². The van der Waals surface area contributed by atoms with Crippen LogP contribution in [0.2, 0.25) is 0 Å². The Morgan fingerprint density at radius 2 is 1.82 bits per heavy atom. The third-order valence-corrected chi connectivity index (χ3v) is 2.37. The minimum atomic E-state index is 0.882. The highest BCUT2D eigenvalue weighted by Crippen LogP contribution is 2.24. The Labute approximate surface area is 103 Å². The average molecular weight is 229 g/mol. The molecule has 2 heteroatoms. The standard InChI is InChI=1S/C13H13NO.C2H6/c1-10-9-11(15-2)6-7-12(10)13-5-3-4-8-14-13;1-2/h3-9H,1-2H3;1-2H3. The summed E-state index contributed by atoms with van der Waals surface area (Å²) in [6.45, 7) is 6.06. The number of nitrogens with zero attached hydrogens (tertiary/aromatic N) is 1. The molecular formula is C15H19NO. The molecule has 0 saturated heterocycles. The van der Waals surface area contributed by atoms with E-state index in [4.69, 9.17) is 4.74 Å². The molecule has 0 aliphatic rings. The van der Waals surface area contributed by atoms with Gasteiger partial charge in [0.15, 0.2) is 0 Å². The lowest BCUT2D eigenvalue weighted by molar-refractivity contribution is 0.414. The summed E-state index contributed by atoms with van der Waals surface area (Å²) >= 11 is 0. The van der Waals surface area contributed by atoms with Gasteiger partial charge in [-0.3, -0.25) is 4.98 Å². The normalized spacial score (nSPS) is 9.18. The first-order chi connectivity index (χ1) is 8.31. The van der Waals surface area contributed by atoms with E-state index < -0.39 is 0 Å². The second-order valence-electron chi connectivity index (χ2n) is 3.40. The van der Waals surface area contributed by atoms with Crippen molar-refractivity contribution >= 4 is 0 Å². The molecule has 0 aliphatic carbocycles. The minimum absolute atomic E-state index is 0.882. The Kier molecular flexibility index (Phi) is 5.21. The molecule has 90 valence electrons. The van der Waals surface area contributed by atoms with Crippen LogP contribution in [0.15, 0.2) is 42.6 Å². The molecule has 0 amide bonds. The van der Waals surface area contributed by atoms with Gasteiger partial charge < -0.3 is 4.74 Å². The van der Waals surface area contributed by atoms with Crippen LogP contribution in [-0.4, -0.2) is 12.1 Å². The van der Waals surface area contributed by atoms with Crippen molar-refractivity contribution in [2.45, 2.75) is 20.8 Å². The van der Waals surface area contributed by atoms with Crippen LogP contribution in [0, 0.1) is 6.92 Å². The van der Waals surface area contributed by atoms with E-state index in [0.717, 1.165) is 17.0 Å². The van der Waals surface area contributed by atoms with Crippen LogP contribution in [-0.2, 0) is 0 Å². The van der Waals surface area contributed by atoms with E-state index in [-0.39, 0.29) is 0 Å². The molecule has 0 spiro atoms. The maximum absolute atomic E-state index is 5.17. The molecule has 0 fully saturated rings.